The van der Waals surface area contributed by atoms with Crippen molar-refractivity contribution in [3.8, 4) is 17.1 Å². The molecule has 0 aliphatic rings. The second-order valence-corrected chi connectivity index (χ2v) is 7.46. The van der Waals surface area contributed by atoms with Gasteiger partial charge in [-0.1, -0.05) is 6.92 Å². The molecule has 1 aromatic carbocycles. The van der Waals surface area contributed by atoms with Crippen LogP contribution in [0.2, 0.25) is 0 Å². The monoisotopic (exact) mass is 420 g/mol. The predicted octanol–water partition coefficient (Wildman–Crippen LogP) is 3.43. The van der Waals surface area contributed by atoms with Gasteiger partial charge in [-0.25, -0.2) is 19.0 Å². The molecule has 3 aromatic heterocycles. The van der Waals surface area contributed by atoms with E-state index in [4.69, 9.17) is 5.10 Å². The lowest BCUT2D eigenvalue weighted by Gasteiger charge is -2.08. The number of hydrogen-bond donors (Lipinski definition) is 1. The van der Waals surface area contributed by atoms with E-state index >= 15 is 0 Å². The number of halogens is 1. The third kappa shape index (κ3) is 4.25. The molecule has 0 unspecified atom stereocenters. The first-order valence-corrected chi connectivity index (χ1v) is 10.3. The van der Waals surface area contributed by atoms with E-state index in [0.29, 0.717) is 18.8 Å². The second kappa shape index (κ2) is 8.77. The first kappa shape index (κ1) is 20.9. The van der Waals surface area contributed by atoms with Gasteiger partial charge in [0, 0.05) is 29.3 Å². The predicted molar refractivity (Wildman–Crippen MR) is 116 cm³/mol. The van der Waals surface area contributed by atoms with Gasteiger partial charge in [-0.2, -0.15) is 10.2 Å². The molecule has 3 heterocycles. The Morgan fingerprint density at radius 3 is 2.45 bits per heavy atom. The van der Waals surface area contributed by atoms with Crippen LogP contribution in [0.5, 0.6) is 0 Å². The molecule has 0 fully saturated rings. The highest BCUT2D eigenvalue weighted by molar-refractivity contribution is 5.65. The van der Waals surface area contributed by atoms with Crippen LogP contribution >= 0.6 is 0 Å². The Kier molecular flexibility index (Phi) is 5.90. The van der Waals surface area contributed by atoms with Crippen molar-refractivity contribution in [2.24, 2.45) is 0 Å². The molecule has 1 N–H and O–H groups in total. The molecule has 0 saturated carbocycles. The highest BCUT2D eigenvalue weighted by Crippen LogP contribution is 2.29. The van der Waals surface area contributed by atoms with Gasteiger partial charge >= 0.3 is 0 Å². The average molecular weight is 420 g/mol. The van der Waals surface area contributed by atoms with E-state index in [0.717, 1.165) is 46.0 Å². The number of aliphatic hydroxyl groups is 1. The van der Waals surface area contributed by atoms with Crippen LogP contribution in [0.3, 0.4) is 0 Å². The van der Waals surface area contributed by atoms with Gasteiger partial charge in [0.2, 0.25) is 0 Å². The Bertz CT molecular complexity index is 1200. The van der Waals surface area contributed by atoms with Gasteiger partial charge in [0.05, 0.1) is 35.9 Å². The topological polar surface area (TPSA) is 81.7 Å². The molecule has 4 rings (SSSR count). The molecule has 0 radical (unpaired) electrons. The minimum absolute atomic E-state index is 0.0337. The van der Waals surface area contributed by atoms with Crippen LogP contribution in [0, 0.1) is 19.7 Å². The zero-order chi connectivity index (χ0) is 22.0. The zero-order valence-corrected chi connectivity index (χ0v) is 17.9. The van der Waals surface area contributed by atoms with E-state index in [1.54, 1.807) is 27.8 Å². The summed E-state index contributed by atoms with van der Waals surface area (Å²) in [7, 11) is 0. The van der Waals surface area contributed by atoms with Gasteiger partial charge < -0.3 is 5.11 Å². The highest BCUT2D eigenvalue weighted by Gasteiger charge is 2.19. The maximum absolute atomic E-state index is 13.5. The van der Waals surface area contributed by atoms with Crippen LogP contribution < -0.4 is 0 Å². The van der Waals surface area contributed by atoms with Crippen LogP contribution in [0.4, 0.5) is 4.39 Å². The highest BCUT2D eigenvalue weighted by atomic mass is 19.1. The molecule has 160 valence electrons. The van der Waals surface area contributed by atoms with Crippen molar-refractivity contribution >= 4 is 0 Å². The Balaban J connectivity index is 1.74. The van der Waals surface area contributed by atoms with E-state index in [1.165, 1.54) is 12.1 Å². The fourth-order valence-electron chi connectivity index (χ4n) is 3.88. The minimum Gasteiger partial charge on any atom is -0.394 e. The molecule has 0 aliphatic heterocycles. The van der Waals surface area contributed by atoms with Crippen molar-refractivity contribution in [3.05, 3.63) is 76.9 Å². The Morgan fingerprint density at radius 2 is 1.81 bits per heavy atom. The summed E-state index contributed by atoms with van der Waals surface area (Å²) in [6, 6.07) is 10.3. The maximum atomic E-state index is 13.5. The smallest absolute Gasteiger partial charge is 0.157 e. The number of aromatic nitrogens is 6. The fraction of sp³-hybridized carbons (Fsp3) is 0.304. The quantitative estimate of drug-likeness (QED) is 0.495. The molecule has 8 heteroatoms. The lowest BCUT2D eigenvalue weighted by atomic mass is 10.0. The van der Waals surface area contributed by atoms with Gasteiger partial charge in [-0.05, 0) is 50.6 Å². The molecule has 0 atom stereocenters. The Morgan fingerprint density at radius 1 is 1.03 bits per heavy atom. The largest absolute Gasteiger partial charge is 0.394 e. The number of aryl methyl sites for hydroxylation is 2. The first-order chi connectivity index (χ1) is 15.0. The van der Waals surface area contributed by atoms with E-state index in [2.05, 4.69) is 22.0 Å². The standard InChI is InChI=1S/C23H25FN6O/c1-4-20-21(28-29(9-10-31)23(20)17-5-7-18(24)8-6-17)12-19-13-22(26-14-25-19)30-16(3)11-15(2)27-30/h5-8,11,13-14,31H,4,9-10,12H2,1-3H3. The fourth-order valence-corrected chi connectivity index (χ4v) is 3.88. The number of rotatable bonds is 7. The van der Waals surface area contributed by atoms with Gasteiger partial charge in [0.25, 0.3) is 0 Å². The Hall–Kier alpha value is -3.39. The average Bonchev–Trinajstić information content (AvgIpc) is 3.27. The normalized spacial score (nSPS) is 11.3. The van der Waals surface area contributed by atoms with Crippen molar-refractivity contribution in [1.29, 1.82) is 0 Å². The Labute approximate surface area is 180 Å². The summed E-state index contributed by atoms with van der Waals surface area (Å²) in [5, 5.41) is 18.8. The molecular formula is C23H25FN6O. The number of hydrogen-bond acceptors (Lipinski definition) is 5. The van der Waals surface area contributed by atoms with Gasteiger partial charge in [0.15, 0.2) is 5.82 Å². The summed E-state index contributed by atoms with van der Waals surface area (Å²) < 4.78 is 17.0. The zero-order valence-electron chi connectivity index (χ0n) is 17.9. The summed E-state index contributed by atoms with van der Waals surface area (Å²) in [6.07, 6.45) is 2.81. The summed E-state index contributed by atoms with van der Waals surface area (Å²) in [6.45, 7) is 6.33. The van der Waals surface area contributed by atoms with Crippen LogP contribution in [-0.2, 0) is 19.4 Å². The van der Waals surface area contributed by atoms with Gasteiger partial charge in [0.1, 0.15) is 12.1 Å². The maximum Gasteiger partial charge on any atom is 0.157 e. The lowest BCUT2D eigenvalue weighted by molar-refractivity contribution is 0.270. The third-order valence-corrected chi connectivity index (χ3v) is 5.20. The second-order valence-electron chi connectivity index (χ2n) is 7.46. The first-order valence-electron chi connectivity index (χ1n) is 10.3. The third-order valence-electron chi connectivity index (χ3n) is 5.20. The molecule has 4 aromatic rings. The van der Waals surface area contributed by atoms with Crippen molar-refractivity contribution in [2.75, 3.05) is 6.61 Å². The molecule has 0 spiro atoms. The van der Waals surface area contributed by atoms with Crippen molar-refractivity contribution in [1.82, 2.24) is 29.5 Å². The molecular weight excluding hydrogens is 395 g/mol. The van der Waals surface area contributed by atoms with E-state index in [-0.39, 0.29) is 12.4 Å². The summed E-state index contributed by atoms with van der Waals surface area (Å²) in [5.74, 6) is 0.426. The van der Waals surface area contributed by atoms with E-state index in [9.17, 15) is 9.50 Å². The van der Waals surface area contributed by atoms with E-state index in [1.807, 2.05) is 26.0 Å². The number of nitrogens with zero attached hydrogens (tertiary/aromatic N) is 6. The SMILES string of the molecule is CCc1c(Cc2cc(-n3nc(C)cc3C)ncn2)nn(CCO)c1-c1ccc(F)cc1. The molecule has 7 nitrogen and oxygen atoms in total. The van der Waals surface area contributed by atoms with Crippen molar-refractivity contribution < 1.29 is 9.50 Å². The van der Waals surface area contributed by atoms with Crippen LogP contribution in [-0.4, -0.2) is 41.2 Å². The summed E-state index contributed by atoms with van der Waals surface area (Å²) in [5.41, 5.74) is 6.47. The van der Waals surface area contributed by atoms with Crippen molar-refractivity contribution in [3.63, 3.8) is 0 Å². The van der Waals surface area contributed by atoms with E-state index < -0.39 is 0 Å². The molecule has 0 aliphatic carbocycles. The molecule has 0 saturated heterocycles. The molecule has 31 heavy (non-hydrogen) atoms. The van der Waals surface area contributed by atoms with Gasteiger partial charge in [-0.3, -0.25) is 4.68 Å². The van der Waals surface area contributed by atoms with Crippen LogP contribution in [0.25, 0.3) is 17.1 Å². The molecule has 0 amide bonds. The summed E-state index contributed by atoms with van der Waals surface area (Å²) >= 11 is 0. The number of benzene rings is 1. The molecule has 0 bridgehead atoms. The number of aliphatic hydroxyl groups excluding tert-OH is 1. The van der Waals surface area contributed by atoms with Crippen LogP contribution in [0.1, 0.15) is 35.3 Å². The minimum atomic E-state index is -0.284. The van der Waals surface area contributed by atoms with Gasteiger partial charge in [-0.15, -0.1) is 0 Å². The van der Waals surface area contributed by atoms with Crippen LogP contribution in [0.15, 0.2) is 42.7 Å². The van der Waals surface area contributed by atoms with Crippen molar-refractivity contribution in [2.45, 2.75) is 40.2 Å². The lowest BCUT2D eigenvalue weighted by Crippen LogP contribution is -2.07. The summed E-state index contributed by atoms with van der Waals surface area (Å²) in [4.78, 5) is 8.81.